The van der Waals surface area contributed by atoms with Gasteiger partial charge in [-0.15, -0.1) is 0 Å². The predicted octanol–water partition coefficient (Wildman–Crippen LogP) is 3.44. The quantitative estimate of drug-likeness (QED) is 0.427. The standard InChI is InChI=1S/C27H31N3O5S/c1-4-28-27(32)21(2)29(19-22-11-7-5-8-12-22)26(31)20-30(23-13-9-6-10-14-23)36(33,34)25-17-15-24(35-3)16-18-25/h5-18,21H,4,19-20H2,1-3H3,(H,28,32). The van der Waals surface area contributed by atoms with Gasteiger partial charge in [-0.25, -0.2) is 8.42 Å². The maximum absolute atomic E-state index is 13.7. The van der Waals surface area contributed by atoms with Gasteiger partial charge in [0.05, 0.1) is 17.7 Å². The number of rotatable bonds is 11. The van der Waals surface area contributed by atoms with Crippen molar-refractivity contribution in [2.24, 2.45) is 0 Å². The van der Waals surface area contributed by atoms with E-state index in [1.54, 1.807) is 56.3 Å². The first-order chi connectivity index (χ1) is 17.3. The van der Waals surface area contributed by atoms with Gasteiger partial charge in [-0.2, -0.15) is 0 Å². The highest BCUT2D eigenvalue weighted by atomic mass is 32.2. The molecule has 0 bridgehead atoms. The fourth-order valence-corrected chi connectivity index (χ4v) is 5.10. The van der Waals surface area contributed by atoms with Gasteiger partial charge in [-0.1, -0.05) is 48.5 Å². The Morgan fingerprint density at radius 1 is 0.917 bits per heavy atom. The molecule has 9 heteroatoms. The molecule has 0 aliphatic carbocycles. The summed E-state index contributed by atoms with van der Waals surface area (Å²) >= 11 is 0. The number of benzene rings is 3. The molecule has 0 aromatic heterocycles. The van der Waals surface area contributed by atoms with E-state index in [2.05, 4.69) is 5.32 Å². The van der Waals surface area contributed by atoms with Crippen LogP contribution in [0.15, 0.2) is 89.8 Å². The summed E-state index contributed by atoms with van der Waals surface area (Å²) < 4.78 is 33.6. The van der Waals surface area contributed by atoms with Gasteiger partial charge < -0.3 is 15.0 Å². The van der Waals surface area contributed by atoms with Crippen LogP contribution in [0.1, 0.15) is 19.4 Å². The summed E-state index contributed by atoms with van der Waals surface area (Å²) in [5.41, 5.74) is 1.17. The number of ether oxygens (including phenoxy) is 1. The van der Waals surface area contributed by atoms with Crippen LogP contribution in [0.3, 0.4) is 0 Å². The average molecular weight is 510 g/mol. The number of carbonyl (C=O) groups excluding carboxylic acids is 2. The molecule has 0 aliphatic heterocycles. The van der Waals surface area contributed by atoms with E-state index in [9.17, 15) is 18.0 Å². The third kappa shape index (κ3) is 6.42. The summed E-state index contributed by atoms with van der Waals surface area (Å²) in [4.78, 5) is 27.8. The molecule has 3 aromatic carbocycles. The lowest BCUT2D eigenvalue weighted by atomic mass is 10.1. The van der Waals surface area contributed by atoms with Crippen LogP contribution in [-0.4, -0.2) is 51.4 Å². The zero-order valence-electron chi connectivity index (χ0n) is 20.6. The van der Waals surface area contributed by atoms with Gasteiger partial charge >= 0.3 is 0 Å². The normalized spacial score (nSPS) is 11.9. The van der Waals surface area contributed by atoms with E-state index in [-0.39, 0.29) is 17.3 Å². The lowest BCUT2D eigenvalue weighted by molar-refractivity contribution is -0.139. The largest absolute Gasteiger partial charge is 0.497 e. The fraction of sp³-hybridized carbons (Fsp3) is 0.259. The minimum absolute atomic E-state index is 0.0198. The summed E-state index contributed by atoms with van der Waals surface area (Å²) in [6, 6.07) is 22.9. The molecule has 2 amide bonds. The SMILES string of the molecule is CCNC(=O)C(C)N(Cc1ccccc1)C(=O)CN(c1ccccc1)S(=O)(=O)c1ccc(OC)cc1. The maximum Gasteiger partial charge on any atom is 0.264 e. The number of likely N-dealkylation sites (N-methyl/N-ethyl adjacent to an activating group) is 1. The third-order valence-electron chi connectivity index (χ3n) is 5.68. The average Bonchev–Trinajstić information content (AvgIpc) is 2.91. The Hall–Kier alpha value is -3.85. The van der Waals surface area contributed by atoms with Gasteiger partial charge in [0.25, 0.3) is 10.0 Å². The van der Waals surface area contributed by atoms with E-state index < -0.39 is 28.5 Å². The van der Waals surface area contributed by atoms with Crippen molar-refractivity contribution in [3.63, 3.8) is 0 Å². The lowest BCUT2D eigenvalue weighted by Gasteiger charge is -2.32. The van der Waals surface area contributed by atoms with E-state index in [0.717, 1.165) is 9.87 Å². The zero-order valence-corrected chi connectivity index (χ0v) is 21.4. The lowest BCUT2D eigenvalue weighted by Crippen LogP contribution is -2.51. The molecule has 36 heavy (non-hydrogen) atoms. The van der Waals surface area contributed by atoms with Crippen molar-refractivity contribution >= 4 is 27.5 Å². The van der Waals surface area contributed by atoms with E-state index in [4.69, 9.17) is 4.74 Å². The Kier molecular flexibility index (Phi) is 9.08. The molecule has 1 unspecified atom stereocenters. The van der Waals surface area contributed by atoms with E-state index in [1.807, 2.05) is 30.3 Å². The van der Waals surface area contributed by atoms with Gasteiger partial charge in [0, 0.05) is 13.1 Å². The summed E-state index contributed by atoms with van der Waals surface area (Å²) in [7, 11) is -2.61. The summed E-state index contributed by atoms with van der Waals surface area (Å²) in [5, 5.41) is 2.74. The molecule has 3 aromatic rings. The number of hydrogen-bond acceptors (Lipinski definition) is 5. The van der Waals surface area contributed by atoms with E-state index in [1.165, 1.54) is 24.1 Å². The van der Waals surface area contributed by atoms with Crippen LogP contribution < -0.4 is 14.4 Å². The Morgan fingerprint density at radius 2 is 1.50 bits per heavy atom. The number of hydrogen-bond donors (Lipinski definition) is 1. The highest BCUT2D eigenvalue weighted by Crippen LogP contribution is 2.25. The fourth-order valence-electron chi connectivity index (χ4n) is 3.68. The number of nitrogens with zero attached hydrogens (tertiary/aromatic N) is 2. The molecule has 3 rings (SSSR count). The second kappa shape index (κ2) is 12.2. The first-order valence-electron chi connectivity index (χ1n) is 11.6. The molecular formula is C27H31N3O5S. The van der Waals surface area contributed by atoms with E-state index >= 15 is 0 Å². The summed E-state index contributed by atoms with van der Waals surface area (Å²) in [6.07, 6.45) is 0. The highest BCUT2D eigenvalue weighted by Gasteiger charge is 2.32. The van der Waals surface area contributed by atoms with E-state index in [0.29, 0.717) is 18.0 Å². The van der Waals surface area contributed by atoms with Crippen molar-refractivity contribution in [3.8, 4) is 5.75 Å². The second-order valence-corrected chi connectivity index (χ2v) is 9.96. The number of para-hydroxylation sites is 1. The molecule has 8 nitrogen and oxygen atoms in total. The van der Waals surface area contributed by atoms with Gasteiger partial charge in [0.2, 0.25) is 11.8 Å². The number of carbonyl (C=O) groups is 2. The summed E-state index contributed by atoms with van der Waals surface area (Å²) in [5.74, 6) is -0.300. The molecule has 0 saturated carbocycles. The van der Waals surface area contributed by atoms with Gasteiger partial charge in [-0.05, 0) is 55.8 Å². The maximum atomic E-state index is 13.7. The molecule has 0 saturated heterocycles. The van der Waals surface area contributed by atoms with Crippen LogP contribution in [-0.2, 0) is 26.2 Å². The Morgan fingerprint density at radius 3 is 2.06 bits per heavy atom. The molecule has 0 radical (unpaired) electrons. The monoisotopic (exact) mass is 509 g/mol. The molecule has 1 atom stereocenters. The van der Waals surface area contributed by atoms with Crippen LogP contribution in [0.4, 0.5) is 5.69 Å². The Balaban J connectivity index is 1.99. The second-order valence-electron chi connectivity index (χ2n) is 8.10. The number of anilines is 1. The van der Waals surface area contributed by atoms with Crippen molar-refractivity contribution in [1.82, 2.24) is 10.2 Å². The highest BCUT2D eigenvalue weighted by molar-refractivity contribution is 7.92. The summed E-state index contributed by atoms with van der Waals surface area (Å²) in [6.45, 7) is 3.53. The van der Waals surface area contributed by atoms with Gasteiger partial charge in [-0.3, -0.25) is 13.9 Å². The number of amides is 2. The third-order valence-corrected chi connectivity index (χ3v) is 7.47. The number of sulfonamides is 1. The first-order valence-corrected chi connectivity index (χ1v) is 13.0. The van der Waals surface area contributed by atoms with Gasteiger partial charge in [0.1, 0.15) is 18.3 Å². The van der Waals surface area contributed by atoms with Crippen molar-refractivity contribution in [2.75, 3.05) is 24.5 Å². The number of methoxy groups -OCH3 is 1. The molecular weight excluding hydrogens is 478 g/mol. The Bertz CT molecular complexity index is 1250. The van der Waals surface area contributed by atoms with Crippen LogP contribution in [0.5, 0.6) is 5.75 Å². The zero-order chi connectivity index (χ0) is 26.1. The van der Waals surface area contributed by atoms with Crippen molar-refractivity contribution < 1.29 is 22.7 Å². The molecule has 0 heterocycles. The molecule has 0 fully saturated rings. The van der Waals surface area contributed by atoms with Crippen molar-refractivity contribution in [3.05, 3.63) is 90.5 Å². The molecule has 1 N–H and O–H groups in total. The predicted molar refractivity (Wildman–Crippen MR) is 139 cm³/mol. The van der Waals surface area contributed by atoms with Crippen molar-refractivity contribution in [2.45, 2.75) is 31.3 Å². The molecule has 0 spiro atoms. The van der Waals surface area contributed by atoms with Crippen molar-refractivity contribution in [1.29, 1.82) is 0 Å². The molecule has 190 valence electrons. The smallest absolute Gasteiger partial charge is 0.264 e. The van der Waals surface area contributed by atoms with Crippen LogP contribution in [0.2, 0.25) is 0 Å². The van der Waals surface area contributed by atoms with Gasteiger partial charge in [0.15, 0.2) is 0 Å². The minimum atomic E-state index is -4.11. The molecule has 0 aliphatic rings. The topological polar surface area (TPSA) is 96.0 Å². The van der Waals surface area contributed by atoms with Crippen LogP contribution in [0, 0.1) is 0 Å². The Labute approximate surface area is 212 Å². The number of nitrogens with one attached hydrogen (secondary N) is 1. The van der Waals surface area contributed by atoms with Crippen LogP contribution in [0.25, 0.3) is 0 Å². The van der Waals surface area contributed by atoms with Crippen LogP contribution >= 0.6 is 0 Å². The first kappa shape index (κ1) is 26.7. The minimum Gasteiger partial charge on any atom is -0.497 e.